The van der Waals surface area contributed by atoms with Gasteiger partial charge in [-0.3, -0.25) is 19.2 Å². The first-order chi connectivity index (χ1) is 21.3. The maximum atomic E-state index is 14.7. The summed E-state index contributed by atoms with van der Waals surface area (Å²) < 4.78 is 12.5. The molecule has 0 aliphatic carbocycles. The monoisotopic (exact) mass is 599 g/mol. The molecule has 44 heavy (non-hydrogen) atoms. The molecule has 2 aromatic rings. The van der Waals surface area contributed by atoms with Gasteiger partial charge in [0.2, 0.25) is 17.7 Å². The van der Waals surface area contributed by atoms with E-state index in [4.69, 9.17) is 9.47 Å². The Labute approximate surface area is 256 Å². The quantitative estimate of drug-likeness (QED) is 0.399. The maximum absolute atomic E-state index is 14.7. The summed E-state index contributed by atoms with van der Waals surface area (Å²) in [6.07, 6.45) is 6.24. The number of carbonyl (C=O) groups excluding carboxylic acids is 4. The summed E-state index contributed by atoms with van der Waals surface area (Å²) in [5, 5.41) is 13.5. The van der Waals surface area contributed by atoms with Gasteiger partial charge in [-0.15, -0.1) is 0 Å². The molecule has 3 amide bonds. The number of likely N-dealkylation sites (tertiary alicyclic amines) is 1. The first-order valence-electron chi connectivity index (χ1n) is 15.1. The summed E-state index contributed by atoms with van der Waals surface area (Å²) >= 11 is 0. The first-order valence-corrected chi connectivity index (χ1v) is 15.1. The van der Waals surface area contributed by atoms with E-state index in [-0.39, 0.29) is 31.3 Å². The van der Waals surface area contributed by atoms with E-state index in [1.807, 2.05) is 54.6 Å². The van der Waals surface area contributed by atoms with Crippen molar-refractivity contribution in [2.45, 2.75) is 56.2 Å². The third kappa shape index (κ3) is 5.33. The predicted octanol–water partition coefficient (Wildman–Crippen LogP) is 2.30. The number of rotatable bonds is 5. The molecule has 0 saturated carbocycles. The van der Waals surface area contributed by atoms with Crippen LogP contribution in [0.2, 0.25) is 0 Å². The minimum atomic E-state index is -1.49. The standard InChI is InChI=1S/C34H37N3O7/c1-22-19-35-27(39)16-9-8-15-26-28(33(42)43-22)29-31(40)37(25(21-38)24-13-6-3-7-14-24)30-32(41)36(18-10-17-34(29,30)44-26)20-23-11-4-2-5-12-23/h2-8,10-15,17,22,25-26,28-30,38H,9,16,18-21H2,1H3,(H,35,39)/b15-8-/t22-,25-,26-,28+,29+,30-,34+/m1/s1. The smallest absolute Gasteiger partial charge is 0.313 e. The lowest BCUT2D eigenvalue weighted by molar-refractivity contribution is -0.159. The van der Waals surface area contributed by atoms with Gasteiger partial charge in [0.05, 0.1) is 31.2 Å². The van der Waals surface area contributed by atoms with Crippen molar-refractivity contribution < 1.29 is 33.8 Å². The van der Waals surface area contributed by atoms with Crippen LogP contribution < -0.4 is 5.32 Å². The van der Waals surface area contributed by atoms with Gasteiger partial charge in [0, 0.05) is 19.5 Å². The van der Waals surface area contributed by atoms with Crippen LogP contribution in [0.15, 0.2) is 85.0 Å². The van der Waals surface area contributed by atoms with Crippen LogP contribution in [0, 0.1) is 11.8 Å². The fourth-order valence-corrected chi connectivity index (χ4v) is 6.96. The normalized spacial score (nSPS) is 31.9. The Morgan fingerprint density at radius 1 is 1.00 bits per heavy atom. The van der Waals surface area contributed by atoms with E-state index in [1.165, 1.54) is 4.90 Å². The first kappa shape index (κ1) is 29.8. The number of nitrogens with zero attached hydrogens (tertiary/aromatic N) is 2. The summed E-state index contributed by atoms with van der Waals surface area (Å²) in [4.78, 5) is 58.5. The topological polar surface area (TPSA) is 125 Å². The summed E-state index contributed by atoms with van der Waals surface area (Å²) in [5.74, 6) is -3.70. The zero-order valence-electron chi connectivity index (χ0n) is 24.6. The Bertz CT molecular complexity index is 1460. The number of esters is 1. The lowest BCUT2D eigenvalue weighted by Gasteiger charge is -2.38. The van der Waals surface area contributed by atoms with Gasteiger partial charge in [-0.25, -0.2) is 0 Å². The number of benzene rings is 2. The molecule has 2 N–H and O–H groups in total. The summed E-state index contributed by atoms with van der Waals surface area (Å²) in [7, 11) is 0. The number of fused-ring (bicyclic) bond motifs is 2. The van der Waals surface area contributed by atoms with Gasteiger partial charge in [0.25, 0.3) is 0 Å². The van der Waals surface area contributed by atoms with Crippen molar-refractivity contribution in [3.8, 4) is 0 Å². The average molecular weight is 600 g/mol. The molecule has 1 spiro atoms. The van der Waals surface area contributed by atoms with Crippen molar-refractivity contribution in [3.63, 3.8) is 0 Å². The second-order valence-corrected chi connectivity index (χ2v) is 11.8. The highest BCUT2D eigenvalue weighted by atomic mass is 16.6. The second kappa shape index (κ2) is 12.4. The van der Waals surface area contributed by atoms with Crippen molar-refractivity contribution in [1.82, 2.24) is 15.1 Å². The second-order valence-electron chi connectivity index (χ2n) is 11.8. The van der Waals surface area contributed by atoms with E-state index < -0.39 is 60.2 Å². The number of allylic oxidation sites excluding steroid dienone is 1. The van der Waals surface area contributed by atoms with Crippen LogP contribution in [0.3, 0.4) is 0 Å². The van der Waals surface area contributed by atoms with Gasteiger partial charge in [-0.2, -0.15) is 0 Å². The molecule has 10 nitrogen and oxygen atoms in total. The van der Waals surface area contributed by atoms with Gasteiger partial charge in [0.15, 0.2) is 0 Å². The molecule has 0 bridgehead atoms. The molecule has 7 atom stereocenters. The number of ether oxygens (including phenoxy) is 2. The van der Waals surface area contributed by atoms with Gasteiger partial charge < -0.3 is 29.7 Å². The largest absolute Gasteiger partial charge is 0.460 e. The molecule has 0 unspecified atom stereocenters. The van der Waals surface area contributed by atoms with E-state index in [2.05, 4.69) is 5.32 Å². The minimum Gasteiger partial charge on any atom is -0.460 e. The highest BCUT2D eigenvalue weighted by Gasteiger charge is 2.72. The molecule has 2 aromatic carbocycles. The molecule has 0 aromatic heterocycles. The molecule has 6 rings (SSSR count). The fourth-order valence-electron chi connectivity index (χ4n) is 6.96. The van der Waals surface area contributed by atoms with Crippen LogP contribution in [-0.2, 0) is 35.2 Å². The highest BCUT2D eigenvalue weighted by molar-refractivity contribution is 5.99. The molecule has 2 fully saturated rings. The fraction of sp³-hybridized carbons (Fsp3) is 0.412. The lowest BCUT2D eigenvalue weighted by atomic mass is 9.78. The van der Waals surface area contributed by atoms with Gasteiger partial charge in [0.1, 0.15) is 23.7 Å². The van der Waals surface area contributed by atoms with Crippen molar-refractivity contribution in [1.29, 1.82) is 0 Å². The molecule has 2 saturated heterocycles. The van der Waals surface area contributed by atoms with E-state index in [9.17, 15) is 24.3 Å². The van der Waals surface area contributed by atoms with Crippen molar-refractivity contribution >= 4 is 23.7 Å². The summed E-state index contributed by atoms with van der Waals surface area (Å²) in [6.45, 7) is 1.98. The number of aliphatic hydroxyl groups is 1. The Kier molecular flexibility index (Phi) is 8.38. The van der Waals surface area contributed by atoms with E-state index in [0.717, 1.165) is 5.56 Å². The summed E-state index contributed by atoms with van der Waals surface area (Å²) in [5.41, 5.74) is 0.102. The van der Waals surface area contributed by atoms with Crippen LogP contribution in [0.1, 0.15) is 36.9 Å². The third-order valence-electron chi connectivity index (χ3n) is 8.96. The van der Waals surface area contributed by atoms with Crippen molar-refractivity contribution in [2.75, 3.05) is 19.7 Å². The molecular formula is C34H37N3O7. The number of hydrogen-bond acceptors (Lipinski definition) is 7. The van der Waals surface area contributed by atoms with Gasteiger partial charge in [-0.05, 0) is 24.5 Å². The number of carbonyl (C=O) groups is 4. The molecule has 4 aliphatic rings. The minimum absolute atomic E-state index is 0.137. The van der Waals surface area contributed by atoms with Gasteiger partial charge >= 0.3 is 5.97 Å². The molecule has 230 valence electrons. The Morgan fingerprint density at radius 3 is 2.45 bits per heavy atom. The zero-order valence-corrected chi connectivity index (χ0v) is 24.6. The Hall–Kier alpha value is -4.28. The van der Waals surface area contributed by atoms with E-state index in [1.54, 1.807) is 42.2 Å². The van der Waals surface area contributed by atoms with Crippen LogP contribution in [-0.4, -0.2) is 82.1 Å². The van der Waals surface area contributed by atoms with Crippen LogP contribution in [0.25, 0.3) is 0 Å². The van der Waals surface area contributed by atoms with Crippen molar-refractivity contribution in [3.05, 3.63) is 96.1 Å². The highest BCUT2D eigenvalue weighted by Crippen LogP contribution is 2.55. The van der Waals surface area contributed by atoms with Crippen molar-refractivity contribution in [2.24, 2.45) is 11.8 Å². The molecule has 10 heteroatoms. The zero-order chi connectivity index (χ0) is 30.8. The van der Waals surface area contributed by atoms with Gasteiger partial charge in [-0.1, -0.05) is 85.0 Å². The predicted molar refractivity (Wildman–Crippen MR) is 159 cm³/mol. The molecule has 4 heterocycles. The lowest BCUT2D eigenvalue weighted by Crippen LogP contribution is -2.56. The third-order valence-corrected chi connectivity index (χ3v) is 8.96. The molecular weight excluding hydrogens is 562 g/mol. The van der Waals surface area contributed by atoms with Crippen LogP contribution >= 0.6 is 0 Å². The van der Waals surface area contributed by atoms with E-state index >= 15 is 0 Å². The van der Waals surface area contributed by atoms with Crippen LogP contribution in [0.5, 0.6) is 0 Å². The number of cyclic esters (lactones) is 1. The Morgan fingerprint density at radius 2 is 1.73 bits per heavy atom. The number of hydrogen-bond donors (Lipinski definition) is 2. The summed E-state index contributed by atoms with van der Waals surface area (Å²) in [6, 6.07) is 16.7. The number of nitrogens with one attached hydrogen (secondary N) is 1. The van der Waals surface area contributed by atoms with E-state index in [0.29, 0.717) is 18.5 Å². The average Bonchev–Trinajstić information content (AvgIpc) is 3.42. The maximum Gasteiger partial charge on any atom is 0.313 e. The Balaban J connectivity index is 1.46. The SMILES string of the molecule is C[C@@H]1CNC(=O)CC/C=C\[C@H]2O[C@]34C=CCN(Cc5ccccc5)C(=O)[C@H]3N([C@H](CO)c3ccccc3)C(=O)[C@@H]4[C@H]2C(=O)O1. The number of aliphatic hydroxyl groups excluding tert-OH is 1. The molecule has 0 radical (unpaired) electrons. The number of amides is 3. The van der Waals surface area contributed by atoms with Crippen LogP contribution in [0.4, 0.5) is 0 Å². The molecule has 4 aliphatic heterocycles.